The standard InChI is InChI=1S/C15H11Br2N3/c16-12-6-5-10(14-11(12)3-1-7-18-14)9-20-13-4-2-8-19-15(13)17/h1-8,20H,9H2. The molecular formula is C15H11Br2N3. The number of benzene rings is 1. The second-order valence-corrected chi connectivity index (χ2v) is 5.91. The summed E-state index contributed by atoms with van der Waals surface area (Å²) >= 11 is 7.00. The number of anilines is 1. The van der Waals surface area contributed by atoms with Crippen LogP contribution in [0.5, 0.6) is 0 Å². The molecule has 0 aliphatic heterocycles. The highest BCUT2D eigenvalue weighted by atomic mass is 79.9. The minimum Gasteiger partial charge on any atom is -0.379 e. The van der Waals surface area contributed by atoms with Crippen molar-refractivity contribution in [3.05, 3.63) is 63.4 Å². The van der Waals surface area contributed by atoms with E-state index in [4.69, 9.17) is 0 Å². The van der Waals surface area contributed by atoms with Crippen LogP contribution in [0.4, 0.5) is 5.69 Å². The van der Waals surface area contributed by atoms with Gasteiger partial charge in [0.15, 0.2) is 0 Å². The predicted octanol–water partition coefficient (Wildman–Crippen LogP) is 4.77. The SMILES string of the molecule is Brc1ncccc1NCc1ccc(Br)c2cccnc12. The lowest BCUT2D eigenvalue weighted by Gasteiger charge is -2.10. The lowest BCUT2D eigenvalue weighted by atomic mass is 10.1. The largest absolute Gasteiger partial charge is 0.379 e. The quantitative estimate of drug-likeness (QED) is 0.652. The van der Waals surface area contributed by atoms with Crippen molar-refractivity contribution in [1.29, 1.82) is 0 Å². The molecule has 2 heterocycles. The van der Waals surface area contributed by atoms with Crippen LogP contribution in [-0.2, 0) is 6.54 Å². The van der Waals surface area contributed by atoms with Gasteiger partial charge in [-0.25, -0.2) is 4.98 Å². The summed E-state index contributed by atoms with van der Waals surface area (Å²) in [5, 5.41) is 4.50. The number of halogens is 2. The molecule has 2 aromatic heterocycles. The minimum absolute atomic E-state index is 0.699. The number of hydrogen-bond acceptors (Lipinski definition) is 3. The van der Waals surface area contributed by atoms with E-state index in [0.29, 0.717) is 6.54 Å². The molecule has 0 unspecified atom stereocenters. The Hall–Kier alpha value is -1.46. The molecule has 3 nitrogen and oxygen atoms in total. The Kier molecular flexibility index (Phi) is 3.98. The normalized spacial score (nSPS) is 10.7. The van der Waals surface area contributed by atoms with Crippen LogP contribution >= 0.6 is 31.9 Å². The molecule has 100 valence electrons. The molecule has 5 heteroatoms. The number of fused-ring (bicyclic) bond motifs is 1. The summed E-state index contributed by atoms with van der Waals surface area (Å²) in [4.78, 5) is 8.68. The van der Waals surface area contributed by atoms with Crippen molar-refractivity contribution < 1.29 is 0 Å². The van der Waals surface area contributed by atoms with Crippen molar-refractivity contribution in [2.24, 2.45) is 0 Å². The van der Waals surface area contributed by atoms with Crippen LogP contribution in [0.3, 0.4) is 0 Å². The lowest BCUT2D eigenvalue weighted by molar-refractivity contribution is 1.13. The van der Waals surface area contributed by atoms with Gasteiger partial charge in [-0.05, 0) is 45.8 Å². The molecule has 0 spiro atoms. The first-order chi connectivity index (χ1) is 9.75. The predicted molar refractivity (Wildman–Crippen MR) is 88.7 cm³/mol. The summed E-state index contributed by atoms with van der Waals surface area (Å²) < 4.78 is 1.88. The van der Waals surface area contributed by atoms with Crippen LogP contribution in [0.25, 0.3) is 10.9 Å². The van der Waals surface area contributed by atoms with Crippen molar-refractivity contribution in [2.45, 2.75) is 6.54 Å². The number of hydrogen-bond donors (Lipinski definition) is 1. The van der Waals surface area contributed by atoms with E-state index >= 15 is 0 Å². The summed E-state index contributed by atoms with van der Waals surface area (Å²) in [6.07, 6.45) is 3.57. The second kappa shape index (κ2) is 5.89. The number of nitrogens with one attached hydrogen (secondary N) is 1. The molecule has 3 rings (SSSR count). The number of aromatic nitrogens is 2. The number of pyridine rings is 2. The maximum absolute atomic E-state index is 4.48. The van der Waals surface area contributed by atoms with Crippen LogP contribution in [0.2, 0.25) is 0 Å². The molecular weight excluding hydrogens is 382 g/mol. The summed E-state index contributed by atoms with van der Waals surface area (Å²) in [5.41, 5.74) is 3.13. The van der Waals surface area contributed by atoms with Crippen LogP contribution < -0.4 is 5.32 Å². The lowest BCUT2D eigenvalue weighted by Crippen LogP contribution is -2.02. The van der Waals surface area contributed by atoms with E-state index in [1.165, 1.54) is 0 Å². The van der Waals surface area contributed by atoms with Gasteiger partial charge in [-0.2, -0.15) is 0 Å². The Balaban J connectivity index is 1.92. The minimum atomic E-state index is 0.699. The molecule has 20 heavy (non-hydrogen) atoms. The summed E-state index contributed by atoms with van der Waals surface area (Å²) in [5.74, 6) is 0. The molecule has 0 aliphatic carbocycles. The topological polar surface area (TPSA) is 37.8 Å². The molecule has 0 radical (unpaired) electrons. The molecule has 0 aliphatic rings. The van der Waals surface area contributed by atoms with Crippen molar-refractivity contribution in [2.75, 3.05) is 5.32 Å². The highest BCUT2D eigenvalue weighted by Gasteiger charge is 2.06. The molecule has 3 aromatic rings. The third-order valence-electron chi connectivity index (χ3n) is 3.03. The van der Waals surface area contributed by atoms with E-state index < -0.39 is 0 Å². The summed E-state index contributed by atoms with van der Waals surface area (Å²) in [6, 6.07) is 12.0. The van der Waals surface area contributed by atoms with Gasteiger partial charge < -0.3 is 5.32 Å². The zero-order chi connectivity index (χ0) is 13.9. The second-order valence-electron chi connectivity index (χ2n) is 4.30. The maximum atomic E-state index is 4.48. The Labute approximate surface area is 133 Å². The van der Waals surface area contributed by atoms with Gasteiger partial charge in [0.2, 0.25) is 0 Å². The van der Waals surface area contributed by atoms with Crippen molar-refractivity contribution >= 4 is 48.5 Å². The highest BCUT2D eigenvalue weighted by molar-refractivity contribution is 9.11. The fourth-order valence-corrected chi connectivity index (χ4v) is 2.89. The molecule has 0 saturated heterocycles. The van der Waals surface area contributed by atoms with Crippen LogP contribution in [0.15, 0.2) is 57.9 Å². The van der Waals surface area contributed by atoms with Gasteiger partial charge in [0.1, 0.15) is 4.60 Å². The van der Waals surface area contributed by atoms with E-state index in [1.54, 1.807) is 6.20 Å². The monoisotopic (exact) mass is 391 g/mol. The molecule has 0 amide bonds. The van der Waals surface area contributed by atoms with Gasteiger partial charge in [0.25, 0.3) is 0 Å². The van der Waals surface area contributed by atoms with E-state index in [1.807, 2.05) is 24.4 Å². The Morgan fingerprint density at radius 1 is 0.950 bits per heavy atom. The van der Waals surface area contributed by atoms with E-state index in [0.717, 1.165) is 31.2 Å². The first-order valence-corrected chi connectivity index (χ1v) is 7.71. The van der Waals surface area contributed by atoms with Gasteiger partial charge in [0.05, 0.1) is 11.2 Å². The molecule has 0 saturated carbocycles. The molecule has 1 aromatic carbocycles. The van der Waals surface area contributed by atoms with Crippen molar-refractivity contribution in [3.63, 3.8) is 0 Å². The molecule has 1 N–H and O–H groups in total. The van der Waals surface area contributed by atoms with Crippen LogP contribution in [-0.4, -0.2) is 9.97 Å². The van der Waals surface area contributed by atoms with E-state index in [9.17, 15) is 0 Å². The number of nitrogens with zero attached hydrogens (tertiary/aromatic N) is 2. The zero-order valence-corrected chi connectivity index (χ0v) is 13.6. The molecule has 0 bridgehead atoms. The van der Waals surface area contributed by atoms with Crippen LogP contribution in [0.1, 0.15) is 5.56 Å². The molecule has 0 atom stereocenters. The van der Waals surface area contributed by atoms with E-state index in [-0.39, 0.29) is 0 Å². The third kappa shape index (κ3) is 2.69. The van der Waals surface area contributed by atoms with Gasteiger partial charge >= 0.3 is 0 Å². The maximum Gasteiger partial charge on any atom is 0.129 e. The summed E-state index contributed by atoms with van der Waals surface area (Å²) in [7, 11) is 0. The smallest absolute Gasteiger partial charge is 0.129 e. The fourth-order valence-electron chi connectivity index (χ4n) is 2.05. The van der Waals surface area contributed by atoms with Crippen molar-refractivity contribution in [1.82, 2.24) is 9.97 Å². The fraction of sp³-hybridized carbons (Fsp3) is 0.0667. The average molecular weight is 393 g/mol. The highest BCUT2D eigenvalue weighted by Crippen LogP contribution is 2.26. The Morgan fingerprint density at radius 3 is 2.60 bits per heavy atom. The van der Waals surface area contributed by atoms with Gasteiger partial charge in [-0.1, -0.05) is 28.1 Å². The average Bonchev–Trinajstić information content (AvgIpc) is 2.48. The van der Waals surface area contributed by atoms with Gasteiger partial charge in [-0.3, -0.25) is 4.98 Å². The third-order valence-corrected chi connectivity index (χ3v) is 4.35. The van der Waals surface area contributed by atoms with Gasteiger partial charge in [-0.15, -0.1) is 0 Å². The van der Waals surface area contributed by atoms with Crippen molar-refractivity contribution in [3.8, 4) is 0 Å². The first kappa shape index (κ1) is 13.5. The number of rotatable bonds is 3. The van der Waals surface area contributed by atoms with Gasteiger partial charge in [0, 0.05) is 28.8 Å². The first-order valence-electron chi connectivity index (χ1n) is 6.12. The van der Waals surface area contributed by atoms with E-state index in [2.05, 4.69) is 65.3 Å². The Bertz CT molecular complexity index is 759. The zero-order valence-electron chi connectivity index (χ0n) is 10.5. The Morgan fingerprint density at radius 2 is 1.75 bits per heavy atom. The molecule has 0 fully saturated rings. The summed E-state index contributed by atoms with van der Waals surface area (Å²) in [6.45, 7) is 0.699. The van der Waals surface area contributed by atoms with Crippen LogP contribution in [0, 0.1) is 0 Å².